The smallest absolute Gasteiger partial charge is 0.192 e. The fourth-order valence-electron chi connectivity index (χ4n) is 1.74. The molecule has 0 aliphatic rings. The predicted molar refractivity (Wildman–Crippen MR) is 82.5 cm³/mol. The summed E-state index contributed by atoms with van der Waals surface area (Å²) < 4.78 is 275. The van der Waals surface area contributed by atoms with Crippen molar-refractivity contribution in [2.45, 2.75) is 61.2 Å². The second-order valence-corrected chi connectivity index (χ2v) is 8.87. The van der Waals surface area contributed by atoms with Gasteiger partial charge in [-0.15, -0.1) is 0 Å². The van der Waals surface area contributed by atoms with E-state index in [-0.39, 0.29) is 0 Å². The first-order valence-electron chi connectivity index (χ1n) is 7.04. The van der Waals surface area contributed by atoms with Crippen LogP contribution in [0.3, 0.4) is 0 Å². The van der Waals surface area contributed by atoms with Crippen molar-refractivity contribution in [2.75, 3.05) is 0 Å². The number of hydrogen-bond acceptors (Lipinski definition) is 0. The zero-order valence-corrected chi connectivity index (χ0v) is 18.9. The Balaban J connectivity index is 7.15. The molecule has 0 bridgehead atoms. The van der Waals surface area contributed by atoms with Crippen LogP contribution in [0.2, 0.25) is 0 Å². The second-order valence-electron chi connectivity index (χ2n) is 6.17. The van der Waals surface area contributed by atoms with Crippen molar-refractivity contribution in [3.63, 3.8) is 0 Å². The van der Waals surface area contributed by atoms with Gasteiger partial charge in [0.25, 0.3) is 0 Å². The Labute approximate surface area is 203 Å². The van der Waals surface area contributed by atoms with Crippen molar-refractivity contribution < 1.29 is 96.6 Å². The van der Waals surface area contributed by atoms with Crippen molar-refractivity contribution >= 4 is 45.2 Å². The second kappa shape index (κ2) is 8.46. The van der Waals surface area contributed by atoms with Gasteiger partial charge in [0.1, 0.15) is 0 Å². The first-order valence-corrected chi connectivity index (χ1v) is 9.19. The van der Waals surface area contributed by atoms with Gasteiger partial charge in [-0.2, -0.15) is 96.6 Å². The summed E-state index contributed by atoms with van der Waals surface area (Å²) in [5.41, 5.74) is 0. The molecule has 0 spiro atoms. The maximum absolute atomic E-state index is 13.4. The lowest BCUT2D eigenvalue weighted by molar-refractivity contribution is -0.468. The van der Waals surface area contributed by atoms with E-state index in [9.17, 15) is 96.6 Å². The van der Waals surface area contributed by atoms with Crippen LogP contribution in [0.25, 0.3) is 0 Å². The molecular weight excluding hydrogens is 804 g/mol. The van der Waals surface area contributed by atoms with E-state index in [4.69, 9.17) is 0 Å². The van der Waals surface area contributed by atoms with Crippen LogP contribution in [-0.4, -0.2) is 61.2 Å². The fraction of sp³-hybridized carbons (Fsp3) is 1.00. The summed E-state index contributed by atoms with van der Waals surface area (Å²) >= 11 is -2.32. The number of rotatable bonds is 10. The standard InChI is InChI=1S/C11F22I2/c12-1(13,2(14,15)4(18,19)6(22,23)8(26,27)10(30,31)34)3(16,17)5(20,21)7(24,25)9(28,29)11(32,33)35. The number of halogens is 24. The highest BCUT2D eigenvalue weighted by atomic mass is 127. The van der Waals surface area contributed by atoms with Crippen LogP contribution in [0.4, 0.5) is 96.6 Å². The topological polar surface area (TPSA) is 0 Å². The maximum atomic E-state index is 13.4. The van der Waals surface area contributed by atoms with Gasteiger partial charge in [0.05, 0.1) is 0 Å². The molecular formula is C11F22I2. The Bertz CT molecular complexity index is 720. The van der Waals surface area contributed by atoms with Crippen LogP contribution in [-0.2, 0) is 0 Å². The first-order chi connectivity index (χ1) is 14.5. The minimum absolute atomic E-state index is 1.16. The van der Waals surface area contributed by atoms with Crippen LogP contribution < -0.4 is 0 Å². The zero-order chi connectivity index (χ0) is 29.5. The quantitative estimate of drug-likeness (QED) is 0.118. The minimum Gasteiger partial charge on any atom is -0.192 e. The van der Waals surface area contributed by atoms with Crippen molar-refractivity contribution in [3.05, 3.63) is 0 Å². The summed E-state index contributed by atoms with van der Waals surface area (Å²) in [4.78, 5) is 0. The zero-order valence-electron chi connectivity index (χ0n) is 14.6. The molecule has 0 heterocycles. The van der Waals surface area contributed by atoms with Gasteiger partial charge in [0.2, 0.25) is 0 Å². The van der Waals surface area contributed by atoms with E-state index in [1.54, 1.807) is 0 Å². The minimum atomic E-state index is -9.23. The monoisotopic (exact) mass is 804 g/mol. The normalized spacial score (nSPS) is 17.1. The third kappa shape index (κ3) is 4.27. The lowest BCUT2D eigenvalue weighted by Gasteiger charge is -2.45. The van der Waals surface area contributed by atoms with Crippen LogP contribution in [0, 0.1) is 0 Å². The summed E-state index contributed by atoms with van der Waals surface area (Å²) in [6.07, 6.45) is 0. The van der Waals surface area contributed by atoms with E-state index in [0.717, 1.165) is 0 Å². The molecule has 0 saturated heterocycles. The van der Waals surface area contributed by atoms with Crippen molar-refractivity contribution in [1.29, 1.82) is 0 Å². The van der Waals surface area contributed by atoms with E-state index >= 15 is 0 Å². The molecule has 0 fully saturated rings. The third-order valence-electron chi connectivity index (χ3n) is 3.87. The molecule has 0 radical (unpaired) electrons. The molecule has 0 aliphatic carbocycles. The van der Waals surface area contributed by atoms with E-state index in [1.807, 2.05) is 0 Å². The Hall–Kier alpha value is -0.0800. The summed E-state index contributed by atoms with van der Waals surface area (Å²) in [6, 6.07) is 0. The lowest BCUT2D eigenvalue weighted by atomic mass is 9.86. The lowest BCUT2D eigenvalue weighted by Crippen LogP contribution is -2.77. The molecule has 35 heavy (non-hydrogen) atoms. The highest BCUT2D eigenvalue weighted by Gasteiger charge is 2.98. The van der Waals surface area contributed by atoms with Crippen LogP contribution in [0.15, 0.2) is 0 Å². The number of alkyl halides is 24. The molecule has 24 heteroatoms. The Morgan fingerprint density at radius 2 is 0.286 bits per heavy atom. The number of hydrogen-bond donors (Lipinski definition) is 0. The third-order valence-corrected chi connectivity index (χ3v) is 5.22. The molecule has 0 saturated carbocycles. The van der Waals surface area contributed by atoms with Gasteiger partial charge in [-0.25, -0.2) is 0 Å². The van der Waals surface area contributed by atoms with Crippen molar-refractivity contribution in [2.24, 2.45) is 0 Å². The Morgan fingerprint density at radius 3 is 0.371 bits per heavy atom. The maximum Gasteiger partial charge on any atom is 0.387 e. The van der Waals surface area contributed by atoms with E-state index in [1.165, 1.54) is 0 Å². The summed E-state index contributed by atoms with van der Waals surface area (Å²) in [6.45, 7) is 0. The predicted octanol–water partition coefficient (Wildman–Crippen LogP) is 8.76. The Morgan fingerprint density at radius 1 is 0.200 bits per heavy atom. The van der Waals surface area contributed by atoms with Gasteiger partial charge in [-0.05, 0) is 0 Å². The van der Waals surface area contributed by atoms with Crippen LogP contribution in [0.5, 0.6) is 0 Å². The van der Waals surface area contributed by atoms with Gasteiger partial charge in [-0.1, -0.05) is 0 Å². The first kappa shape index (κ1) is 34.9. The fourth-order valence-corrected chi connectivity index (χ4v) is 2.41. The van der Waals surface area contributed by atoms with Gasteiger partial charge in [-0.3, -0.25) is 0 Å². The highest BCUT2D eigenvalue weighted by molar-refractivity contribution is 14.1. The molecule has 0 aromatic heterocycles. The molecule has 0 atom stereocenters. The van der Waals surface area contributed by atoms with Crippen molar-refractivity contribution in [1.82, 2.24) is 0 Å². The summed E-state index contributed by atoms with van der Waals surface area (Å²) in [7, 11) is 0. The van der Waals surface area contributed by atoms with Crippen LogP contribution in [0.1, 0.15) is 0 Å². The van der Waals surface area contributed by atoms with Gasteiger partial charge in [0.15, 0.2) is 0 Å². The molecule has 0 amide bonds. The molecule has 212 valence electrons. The molecule has 0 N–H and O–H groups in total. The van der Waals surface area contributed by atoms with Gasteiger partial charge in [0, 0.05) is 45.2 Å². The molecule has 0 unspecified atom stereocenters. The van der Waals surface area contributed by atoms with Crippen LogP contribution >= 0.6 is 45.2 Å². The average molecular weight is 804 g/mol. The molecule has 0 aromatic carbocycles. The molecule has 0 aliphatic heterocycles. The van der Waals surface area contributed by atoms with Gasteiger partial charge < -0.3 is 0 Å². The SMILES string of the molecule is FC(F)(I)C(F)(F)C(F)(F)C(F)(F)C(F)(F)C(F)(F)C(F)(F)C(F)(F)C(F)(F)C(F)(F)C(F)(F)I. The van der Waals surface area contributed by atoms with E-state index in [2.05, 4.69) is 0 Å². The van der Waals surface area contributed by atoms with Gasteiger partial charge >= 0.3 is 61.2 Å². The average Bonchev–Trinajstić information content (AvgIpc) is 2.58. The summed E-state index contributed by atoms with van der Waals surface area (Å²) in [5.74, 6) is -78.4. The summed E-state index contributed by atoms with van der Waals surface area (Å²) in [5, 5.41) is 0. The molecule has 0 nitrogen and oxygen atoms in total. The van der Waals surface area contributed by atoms with E-state index < -0.39 is 106 Å². The largest absolute Gasteiger partial charge is 0.387 e. The highest BCUT2D eigenvalue weighted by Crippen LogP contribution is 2.67. The Kier molecular flexibility index (Phi) is 8.44. The van der Waals surface area contributed by atoms with Crippen molar-refractivity contribution in [3.8, 4) is 0 Å². The van der Waals surface area contributed by atoms with E-state index in [0.29, 0.717) is 0 Å². The molecule has 0 aromatic rings. The molecule has 0 rings (SSSR count).